The maximum Gasteiger partial charge on any atom is 0.274 e. The fraction of sp³-hybridized carbons (Fsp3) is 0.462. The highest BCUT2D eigenvalue weighted by Gasteiger charge is 2.19. The highest BCUT2D eigenvalue weighted by atomic mass is 32.2. The van der Waals surface area contributed by atoms with Crippen LogP contribution in [-0.4, -0.2) is 24.7 Å². The van der Waals surface area contributed by atoms with Crippen molar-refractivity contribution in [2.24, 2.45) is 7.05 Å². The number of aromatic nitrogens is 2. The molecule has 116 valence electrons. The normalized spacial score (nSPS) is 12.0. The van der Waals surface area contributed by atoms with Crippen molar-refractivity contribution in [3.05, 3.63) is 35.3 Å². The molecular weight excluding hydrogens is 292 g/mol. The molecule has 0 aliphatic carbocycles. The van der Waals surface area contributed by atoms with Gasteiger partial charge in [0.25, 0.3) is 10.0 Å². The van der Waals surface area contributed by atoms with Gasteiger partial charge in [0.1, 0.15) is 5.76 Å². The molecule has 2 rings (SSSR count). The fourth-order valence-corrected chi connectivity index (χ4v) is 2.86. The molecule has 0 bridgehead atoms. The zero-order chi connectivity index (χ0) is 15.5. The van der Waals surface area contributed by atoms with Gasteiger partial charge in [-0.2, -0.15) is 5.10 Å². The summed E-state index contributed by atoms with van der Waals surface area (Å²) in [6, 6.07) is 3.12. The third-order valence-electron chi connectivity index (χ3n) is 3.02. The molecule has 0 saturated heterocycles. The smallest absolute Gasteiger partial charge is 0.274 e. The molecule has 0 unspecified atom stereocenters. The first-order chi connectivity index (χ1) is 9.92. The predicted octanol–water partition coefficient (Wildman–Crippen LogP) is 0.910. The van der Waals surface area contributed by atoms with E-state index in [1.54, 1.807) is 24.0 Å². The minimum atomic E-state index is -3.65. The van der Waals surface area contributed by atoms with Crippen LogP contribution in [0.2, 0.25) is 0 Å². The quantitative estimate of drug-likeness (QED) is 0.793. The van der Waals surface area contributed by atoms with E-state index in [9.17, 15) is 8.42 Å². The predicted molar refractivity (Wildman–Crippen MR) is 78.1 cm³/mol. The molecule has 8 heteroatoms. The second-order valence-electron chi connectivity index (χ2n) is 4.74. The standard InChI is InChI=1S/C13H20N4O3S/c1-4-14-8-12-5-6-13(20-12)21(18,19)15-7-11-9-17(3)16-10(11)2/h5-6,9,14-15H,4,7-8H2,1-3H3. The number of hydrogen-bond donors (Lipinski definition) is 2. The second kappa shape index (κ2) is 6.42. The van der Waals surface area contributed by atoms with Crippen molar-refractivity contribution in [2.75, 3.05) is 6.54 Å². The highest BCUT2D eigenvalue weighted by Crippen LogP contribution is 2.14. The molecule has 0 amide bonds. The molecule has 0 aliphatic heterocycles. The van der Waals surface area contributed by atoms with Crippen molar-refractivity contribution >= 4 is 10.0 Å². The molecule has 0 atom stereocenters. The average molecular weight is 312 g/mol. The van der Waals surface area contributed by atoms with Gasteiger partial charge in [0.15, 0.2) is 0 Å². The minimum absolute atomic E-state index is 0.0723. The number of furan rings is 1. The zero-order valence-electron chi connectivity index (χ0n) is 12.4. The Morgan fingerprint density at radius 2 is 2.10 bits per heavy atom. The molecule has 0 fully saturated rings. The fourth-order valence-electron chi connectivity index (χ4n) is 1.91. The van der Waals surface area contributed by atoms with E-state index in [1.165, 1.54) is 6.07 Å². The summed E-state index contributed by atoms with van der Waals surface area (Å²) < 4.78 is 33.8. The molecule has 0 aromatic carbocycles. The topological polar surface area (TPSA) is 89.2 Å². The molecule has 2 aromatic rings. The summed E-state index contributed by atoms with van der Waals surface area (Å²) in [5.74, 6) is 0.592. The van der Waals surface area contributed by atoms with E-state index in [0.29, 0.717) is 12.3 Å². The summed E-state index contributed by atoms with van der Waals surface area (Å²) in [6.07, 6.45) is 1.79. The Kier molecular flexibility index (Phi) is 4.81. The Morgan fingerprint density at radius 3 is 2.71 bits per heavy atom. The molecule has 2 aromatic heterocycles. The van der Waals surface area contributed by atoms with Crippen LogP contribution in [0.3, 0.4) is 0 Å². The van der Waals surface area contributed by atoms with Gasteiger partial charge in [-0.3, -0.25) is 4.68 Å². The molecule has 7 nitrogen and oxygen atoms in total. The van der Waals surface area contributed by atoms with Crippen LogP contribution in [0.25, 0.3) is 0 Å². The van der Waals surface area contributed by atoms with Gasteiger partial charge in [-0.15, -0.1) is 0 Å². The summed E-state index contributed by atoms with van der Waals surface area (Å²) in [5.41, 5.74) is 1.63. The number of hydrogen-bond acceptors (Lipinski definition) is 5. The second-order valence-corrected chi connectivity index (χ2v) is 6.44. The third kappa shape index (κ3) is 3.93. The van der Waals surface area contributed by atoms with Crippen LogP contribution >= 0.6 is 0 Å². The maximum absolute atomic E-state index is 12.2. The van der Waals surface area contributed by atoms with Gasteiger partial charge >= 0.3 is 0 Å². The first-order valence-electron chi connectivity index (χ1n) is 6.70. The molecular formula is C13H20N4O3S. The number of rotatable bonds is 7. The van der Waals surface area contributed by atoms with E-state index in [2.05, 4.69) is 15.1 Å². The Labute approximate surface area is 124 Å². The van der Waals surface area contributed by atoms with E-state index in [1.807, 2.05) is 13.8 Å². The molecule has 0 spiro atoms. The minimum Gasteiger partial charge on any atom is -0.447 e. The lowest BCUT2D eigenvalue weighted by molar-refractivity contribution is 0.401. The lowest BCUT2D eigenvalue weighted by Gasteiger charge is -2.03. The Hall–Kier alpha value is -1.64. The molecule has 21 heavy (non-hydrogen) atoms. The first kappa shape index (κ1) is 15.7. The monoisotopic (exact) mass is 312 g/mol. The first-order valence-corrected chi connectivity index (χ1v) is 8.19. The molecule has 0 aliphatic rings. The van der Waals surface area contributed by atoms with Crippen LogP contribution < -0.4 is 10.0 Å². The van der Waals surface area contributed by atoms with Crippen LogP contribution in [0.15, 0.2) is 27.8 Å². The summed E-state index contributed by atoms with van der Waals surface area (Å²) in [7, 11) is -1.86. The summed E-state index contributed by atoms with van der Waals surface area (Å²) in [6.45, 7) is 5.30. The summed E-state index contributed by atoms with van der Waals surface area (Å²) in [5, 5.41) is 7.18. The van der Waals surface area contributed by atoms with Gasteiger partial charge < -0.3 is 9.73 Å². The van der Waals surface area contributed by atoms with Crippen LogP contribution in [0.1, 0.15) is 23.9 Å². The third-order valence-corrected chi connectivity index (χ3v) is 4.29. The van der Waals surface area contributed by atoms with Crippen molar-refractivity contribution in [2.45, 2.75) is 32.0 Å². The highest BCUT2D eigenvalue weighted by molar-refractivity contribution is 7.89. The molecule has 2 heterocycles. The van der Waals surface area contributed by atoms with Gasteiger partial charge in [0.05, 0.1) is 12.2 Å². The Morgan fingerprint density at radius 1 is 1.33 bits per heavy atom. The van der Waals surface area contributed by atoms with Gasteiger partial charge in [-0.1, -0.05) is 6.92 Å². The van der Waals surface area contributed by atoms with Gasteiger partial charge in [-0.25, -0.2) is 13.1 Å². The maximum atomic E-state index is 12.2. The van der Waals surface area contributed by atoms with Crippen LogP contribution in [0, 0.1) is 6.92 Å². The van der Waals surface area contributed by atoms with Crippen molar-refractivity contribution in [1.29, 1.82) is 0 Å². The number of aryl methyl sites for hydroxylation is 2. The van der Waals surface area contributed by atoms with E-state index >= 15 is 0 Å². The number of nitrogens with zero attached hydrogens (tertiary/aromatic N) is 2. The number of nitrogens with one attached hydrogen (secondary N) is 2. The van der Waals surface area contributed by atoms with E-state index in [-0.39, 0.29) is 11.6 Å². The summed E-state index contributed by atoms with van der Waals surface area (Å²) in [4.78, 5) is 0. The zero-order valence-corrected chi connectivity index (χ0v) is 13.2. The average Bonchev–Trinajstić information content (AvgIpc) is 3.01. The van der Waals surface area contributed by atoms with Crippen molar-refractivity contribution in [3.8, 4) is 0 Å². The SMILES string of the molecule is CCNCc1ccc(S(=O)(=O)NCc2cn(C)nc2C)o1. The van der Waals surface area contributed by atoms with Crippen LogP contribution in [0.5, 0.6) is 0 Å². The van der Waals surface area contributed by atoms with E-state index in [0.717, 1.165) is 17.8 Å². The molecule has 0 radical (unpaired) electrons. The Bertz CT molecular complexity index is 703. The van der Waals surface area contributed by atoms with Crippen LogP contribution in [-0.2, 0) is 30.2 Å². The van der Waals surface area contributed by atoms with Gasteiger partial charge in [0.2, 0.25) is 5.09 Å². The van der Waals surface area contributed by atoms with E-state index < -0.39 is 10.0 Å². The largest absolute Gasteiger partial charge is 0.447 e. The number of sulfonamides is 1. The van der Waals surface area contributed by atoms with Gasteiger partial charge in [-0.05, 0) is 25.6 Å². The molecule has 0 saturated carbocycles. The summed E-state index contributed by atoms with van der Waals surface area (Å²) >= 11 is 0. The van der Waals surface area contributed by atoms with Crippen LogP contribution in [0.4, 0.5) is 0 Å². The lowest BCUT2D eigenvalue weighted by atomic mass is 10.3. The van der Waals surface area contributed by atoms with Crippen molar-refractivity contribution in [1.82, 2.24) is 19.8 Å². The Balaban J connectivity index is 2.04. The van der Waals surface area contributed by atoms with Crippen molar-refractivity contribution < 1.29 is 12.8 Å². The lowest BCUT2D eigenvalue weighted by Crippen LogP contribution is -2.23. The molecule has 2 N–H and O–H groups in total. The van der Waals surface area contributed by atoms with E-state index in [4.69, 9.17) is 4.42 Å². The van der Waals surface area contributed by atoms with Gasteiger partial charge in [0, 0.05) is 25.4 Å². The van der Waals surface area contributed by atoms with Crippen molar-refractivity contribution in [3.63, 3.8) is 0 Å².